The lowest BCUT2D eigenvalue weighted by atomic mass is 9.77. The van der Waals surface area contributed by atoms with Crippen LogP contribution in [0.25, 0.3) is 11.1 Å². The summed E-state index contributed by atoms with van der Waals surface area (Å²) in [5.74, 6) is 0.00719. The van der Waals surface area contributed by atoms with Crippen LogP contribution in [0, 0.1) is 5.92 Å². The van der Waals surface area contributed by atoms with E-state index in [4.69, 9.17) is 0 Å². The summed E-state index contributed by atoms with van der Waals surface area (Å²) in [5.41, 5.74) is 3.08. The van der Waals surface area contributed by atoms with Crippen LogP contribution in [0.5, 0.6) is 11.5 Å². The summed E-state index contributed by atoms with van der Waals surface area (Å²) in [4.78, 5) is 14.9. The molecule has 1 aliphatic rings. The third-order valence-corrected chi connectivity index (χ3v) is 6.48. The van der Waals surface area contributed by atoms with Crippen molar-refractivity contribution in [1.82, 2.24) is 0 Å². The lowest BCUT2D eigenvalue weighted by molar-refractivity contribution is -0.131. The first kappa shape index (κ1) is 22.9. The average Bonchev–Trinajstić information content (AvgIpc) is 2.82. The molecule has 0 aliphatic carbocycles. The molecule has 4 rings (SSSR count). The molecule has 0 radical (unpaired) electrons. The van der Waals surface area contributed by atoms with Gasteiger partial charge in [0.05, 0.1) is 18.1 Å². The number of β-lactam (4-membered cyclic amide) rings is 1. The van der Waals surface area contributed by atoms with Gasteiger partial charge >= 0.3 is 0 Å². The zero-order valence-corrected chi connectivity index (χ0v) is 18.9. The van der Waals surface area contributed by atoms with Crippen LogP contribution in [0.2, 0.25) is 0 Å². The molecule has 1 heterocycles. The van der Waals surface area contributed by atoms with E-state index in [0.717, 1.165) is 36.1 Å². The van der Waals surface area contributed by atoms with Gasteiger partial charge in [-0.05, 0) is 60.7 Å². The molecule has 0 aromatic heterocycles. The van der Waals surface area contributed by atoms with Gasteiger partial charge in [-0.1, -0.05) is 62.2 Å². The van der Waals surface area contributed by atoms with Gasteiger partial charge in [-0.15, -0.1) is 0 Å². The van der Waals surface area contributed by atoms with Gasteiger partial charge in [0, 0.05) is 11.3 Å². The first-order valence-electron chi connectivity index (χ1n) is 11.7. The Morgan fingerprint density at radius 2 is 1.67 bits per heavy atom. The van der Waals surface area contributed by atoms with E-state index in [2.05, 4.69) is 6.92 Å². The standard InChI is InChI=1S/C28H31NO4/c1-2-3-11-22(30)14-16-25-27(29(28(25)33)21-9-5-4-6-10-21)24-15-13-20(18-26(24)32)19-8-7-12-23(31)17-19/h4-10,12-13,15,17-18,22,25,27,30-32H,2-3,11,14,16H2,1H3/t22-,25-,27-/m1/s1. The molecule has 3 aromatic carbocycles. The molecule has 5 heteroatoms. The predicted octanol–water partition coefficient (Wildman–Crippen LogP) is 5.80. The molecule has 1 saturated heterocycles. The summed E-state index contributed by atoms with van der Waals surface area (Å²) in [5, 5.41) is 31.1. The third kappa shape index (κ3) is 4.88. The second-order valence-corrected chi connectivity index (χ2v) is 8.79. The van der Waals surface area contributed by atoms with Gasteiger partial charge in [0.25, 0.3) is 0 Å². The van der Waals surface area contributed by atoms with E-state index in [1.54, 1.807) is 29.2 Å². The molecule has 0 saturated carbocycles. The first-order valence-corrected chi connectivity index (χ1v) is 11.7. The van der Waals surface area contributed by atoms with Crippen molar-refractivity contribution in [2.45, 2.75) is 51.2 Å². The van der Waals surface area contributed by atoms with Crippen LogP contribution in [0.4, 0.5) is 5.69 Å². The fraction of sp³-hybridized carbons (Fsp3) is 0.321. The monoisotopic (exact) mass is 445 g/mol. The van der Waals surface area contributed by atoms with E-state index in [9.17, 15) is 20.1 Å². The van der Waals surface area contributed by atoms with Crippen LogP contribution in [-0.4, -0.2) is 27.3 Å². The zero-order valence-electron chi connectivity index (χ0n) is 18.9. The number of hydrogen-bond acceptors (Lipinski definition) is 4. The zero-order chi connectivity index (χ0) is 23.4. The largest absolute Gasteiger partial charge is 0.508 e. The first-order chi connectivity index (χ1) is 16.0. The van der Waals surface area contributed by atoms with Crippen molar-refractivity contribution >= 4 is 11.6 Å². The van der Waals surface area contributed by atoms with E-state index >= 15 is 0 Å². The number of aliphatic hydroxyl groups is 1. The van der Waals surface area contributed by atoms with Gasteiger partial charge in [0.2, 0.25) is 5.91 Å². The van der Waals surface area contributed by atoms with E-state index < -0.39 is 6.10 Å². The van der Waals surface area contributed by atoms with Crippen molar-refractivity contribution in [3.63, 3.8) is 0 Å². The Morgan fingerprint density at radius 3 is 2.36 bits per heavy atom. The number of rotatable bonds is 9. The van der Waals surface area contributed by atoms with Crippen molar-refractivity contribution in [2.75, 3.05) is 4.90 Å². The number of aromatic hydroxyl groups is 2. The number of carbonyl (C=O) groups is 1. The number of amides is 1. The van der Waals surface area contributed by atoms with Gasteiger partial charge in [-0.2, -0.15) is 0 Å². The van der Waals surface area contributed by atoms with E-state index in [1.807, 2.05) is 48.5 Å². The summed E-state index contributed by atoms with van der Waals surface area (Å²) in [6, 6.07) is 21.5. The lowest BCUT2D eigenvalue weighted by Crippen LogP contribution is -2.55. The van der Waals surface area contributed by atoms with Crippen molar-refractivity contribution in [2.24, 2.45) is 5.92 Å². The van der Waals surface area contributed by atoms with Crippen molar-refractivity contribution in [1.29, 1.82) is 0 Å². The lowest BCUT2D eigenvalue weighted by Gasteiger charge is -2.48. The van der Waals surface area contributed by atoms with Gasteiger partial charge in [0.15, 0.2) is 0 Å². The number of unbranched alkanes of at least 4 members (excludes halogenated alkanes) is 1. The maximum atomic E-state index is 13.1. The van der Waals surface area contributed by atoms with Crippen LogP contribution >= 0.6 is 0 Å². The maximum Gasteiger partial charge on any atom is 0.233 e. The molecule has 1 amide bonds. The number of nitrogens with zero attached hydrogens (tertiary/aromatic N) is 1. The Bertz CT molecular complexity index is 1100. The highest BCUT2D eigenvalue weighted by Crippen LogP contribution is 2.48. The van der Waals surface area contributed by atoms with Crippen LogP contribution in [0.15, 0.2) is 72.8 Å². The van der Waals surface area contributed by atoms with Crippen molar-refractivity contribution < 1.29 is 20.1 Å². The van der Waals surface area contributed by atoms with Gasteiger partial charge in [0.1, 0.15) is 11.5 Å². The Kier molecular flexibility index (Phi) is 6.99. The van der Waals surface area contributed by atoms with Gasteiger partial charge < -0.3 is 20.2 Å². The number of benzene rings is 3. The van der Waals surface area contributed by atoms with E-state index in [0.29, 0.717) is 18.4 Å². The Hall–Kier alpha value is -3.31. The molecule has 3 aromatic rings. The van der Waals surface area contributed by atoms with Crippen LogP contribution in [0.3, 0.4) is 0 Å². The minimum atomic E-state index is -0.411. The molecule has 172 valence electrons. The molecule has 0 spiro atoms. The molecule has 5 nitrogen and oxygen atoms in total. The second kappa shape index (κ2) is 10.1. The number of phenolic OH excluding ortho intramolecular Hbond substituents is 2. The summed E-state index contributed by atoms with van der Waals surface area (Å²) in [6.07, 6.45) is 3.48. The Balaban J connectivity index is 1.62. The number of phenols is 2. The fourth-order valence-electron chi connectivity index (χ4n) is 4.68. The highest BCUT2D eigenvalue weighted by molar-refractivity contribution is 6.03. The number of carbonyl (C=O) groups excluding carboxylic acids is 1. The molecule has 33 heavy (non-hydrogen) atoms. The predicted molar refractivity (Wildman–Crippen MR) is 130 cm³/mol. The second-order valence-electron chi connectivity index (χ2n) is 8.79. The van der Waals surface area contributed by atoms with Crippen molar-refractivity contribution in [3.8, 4) is 22.6 Å². The molecule has 1 fully saturated rings. The smallest absolute Gasteiger partial charge is 0.233 e. The topological polar surface area (TPSA) is 81.0 Å². The summed E-state index contributed by atoms with van der Waals surface area (Å²) in [7, 11) is 0. The highest BCUT2D eigenvalue weighted by Gasteiger charge is 2.49. The highest BCUT2D eigenvalue weighted by atomic mass is 16.3. The average molecular weight is 446 g/mol. The molecular formula is C28H31NO4. The Labute approximate surface area is 194 Å². The number of hydrogen-bond donors (Lipinski definition) is 3. The van der Waals surface area contributed by atoms with Crippen LogP contribution in [0.1, 0.15) is 50.6 Å². The molecule has 3 atom stereocenters. The molecule has 0 bridgehead atoms. The van der Waals surface area contributed by atoms with Gasteiger partial charge in [-0.3, -0.25) is 4.79 Å². The normalized spacial score (nSPS) is 18.7. The third-order valence-electron chi connectivity index (χ3n) is 6.48. The van der Waals surface area contributed by atoms with E-state index in [-0.39, 0.29) is 29.4 Å². The number of aliphatic hydroxyl groups excluding tert-OH is 1. The minimum Gasteiger partial charge on any atom is -0.508 e. The Morgan fingerprint density at radius 1 is 0.909 bits per heavy atom. The SMILES string of the molecule is CCCC[C@@H](O)CC[C@H]1C(=O)N(c2ccccc2)[C@@H]1c1ccc(-c2cccc(O)c2)cc1O. The van der Waals surface area contributed by atoms with Crippen molar-refractivity contribution in [3.05, 3.63) is 78.4 Å². The maximum absolute atomic E-state index is 13.1. The minimum absolute atomic E-state index is 0.0188. The number of para-hydroxylation sites is 1. The quantitative estimate of drug-likeness (QED) is 0.364. The fourth-order valence-corrected chi connectivity index (χ4v) is 4.68. The molecular weight excluding hydrogens is 414 g/mol. The summed E-state index contributed by atoms with van der Waals surface area (Å²) in [6.45, 7) is 2.10. The molecule has 1 aliphatic heterocycles. The summed E-state index contributed by atoms with van der Waals surface area (Å²) < 4.78 is 0. The number of anilines is 1. The molecule has 3 N–H and O–H groups in total. The van der Waals surface area contributed by atoms with Gasteiger partial charge in [-0.25, -0.2) is 0 Å². The van der Waals surface area contributed by atoms with E-state index in [1.165, 1.54) is 0 Å². The van der Waals surface area contributed by atoms with Crippen LogP contribution < -0.4 is 4.90 Å². The molecule has 0 unspecified atom stereocenters. The van der Waals surface area contributed by atoms with Crippen LogP contribution in [-0.2, 0) is 4.79 Å². The summed E-state index contributed by atoms with van der Waals surface area (Å²) >= 11 is 0.